The minimum Gasteiger partial charge on any atom is -0.360 e. The molecule has 1 N–H and O–H groups in total. The van der Waals surface area contributed by atoms with Crippen LogP contribution in [0, 0.1) is 5.82 Å². The van der Waals surface area contributed by atoms with Crippen LogP contribution in [0.2, 0.25) is 0 Å². The maximum absolute atomic E-state index is 15.0. The normalized spacial score (nSPS) is 13.9. The van der Waals surface area contributed by atoms with Crippen molar-refractivity contribution in [3.63, 3.8) is 0 Å². The molecule has 0 saturated heterocycles. The second kappa shape index (κ2) is 11.8. The lowest BCUT2D eigenvalue weighted by Gasteiger charge is -2.28. The van der Waals surface area contributed by atoms with Gasteiger partial charge in [-0.05, 0) is 36.1 Å². The predicted molar refractivity (Wildman–Crippen MR) is 155 cm³/mol. The Morgan fingerprint density at radius 2 is 1.95 bits per heavy atom. The van der Waals surface area contributed by atoms with Crippen LogP contribution in [0.25, 0.3) is 16.3 Å². The van der Waals surface area contributed by atoms with E-state index in [1.165, 1.54) is 0 Å². The van der Waals surface area contributed by atoms with E-state index in [0.717, 1.165) is 47.3 Å². The summed E-state index contributed by atoms with van der Waals surface area (Å²) in [4.78, 5) is 8.42. The highest BCUT2D eigenvalue weighted by Crippen LogP contribution is 2.39. The number of H-pyrrole nitrogens is 1. The lowest BCUT2D eigenvalue weighted by atomic mass is 9.96. The van der Waals surface area contributed by atoms with Crippen molar-refractivity contribution in [1.82, 2.24) is 19.7 Å². The summed E-state index contributed by atoms with van der Waals surface area (Å²) in [6, 6.07) is 8.32. The Labute approximate surface area is 245 Å². The highest BCUT2D eigenvalue weighted by atomic mass is 35.5. The number of rotatable bonds is 8. The van der Waals surface area contributed by atoms with Crippen molar-refractivity contribution in [2.24, 2.45) is 0 Å². The summed E-state index contributed by atoms with van der Waals surface area (Å²) in [6.45, 7) is 8.95. The number of nitrogens with zero attached hydrogens (tertiary/aromatic N) is 4. The maximum Gasteiger partial charge on any atom is 0.417 e. The number of aromatic amines is 1. The van der Waals surface area contributed by atoms with E-state index in [4.69, 9.17) is 16.7 Å². The van der Waals surface area contributed by atoms with Crippen LogP contribution < -0.4 is 4.90 Å². The molecular formula is C31H29ClF5N5. The van der Waals surface area contributed by atoms with Crippen LogP contribution >= 0.6 is 11.6 Å². The Hall–Kier alpha value is -3.92. The van der Waals surface area contributed by atoms with E-state index in [9.17, 15) is 17.6 Å². The molecule has 0 unspecified atom stereocenters. The summed E-state index contributed by atoms with van der Waals surface area (Å²) in [7, 11) is 0. The second-order valence-electron chi connectivity index (χ2n) is 10.1. The molecule has 1 aliphatic heterocycles. The number of hydrogen-bond donors (Lipinski definition) is 1. The Morgan fingerprint density at radius 3 is 2.62 bits per heavy atom. The molecule has 4 aromatic rings. The molecule has 0 spiro atoms. The minimum atomic E-state index is -4.71. The summed E-state index contributed by atoms with van der Waals surface area (Å²) in [5.74, 6) is -1.24. The number of nitrogens with one attached hydrogen (secondary N) is 1. The number of anilines is 1. The van der Waals surface area contributed by atoms with Crippen LogP contribution in [0.5, 0.6) is 0 Å². The Kier molecular flexibility index (Phi) is 8.28. The van der Waals surface area contributed by atoms with E-state index in [1.807, 2.05) is 16.8 Å². The fourth-order valence-corrected chi connectivity index (χ4v) is 5.67. The van der Waals surface area contributed by atoms with Gasteiger partial charge in [0, 0.05) is 48.6 Å². The Bertz CT molecular complexity index is 1670. The number of para-hydroxylation sites is 1. The fraction of sp³-hybridized carbons (Fsp3) is 0.290. The van der Waals surface area contributed by atoms with Crippen molar-refractivity contribution in [2.75, 3.05) is 11.4 Å². The smallest absolute Gasteiger partial charge is 0.360 e. The Morgan fingerprint density at radius 1 is 1.19 bits per heavy atom. The third-order valence-corrected chi connectivity index (χ3v) is 7.76. The van der Waals surface area contributed by atoms with Crippen LogP contribution in [0.4, 0.5) is 27.8 Å². The van der Waals surface area contributed by atoms with E-state index in [2.05, 4.69) is 36.5 Å². The number of halogens is 6. The number of fused-ring (bicyclic) bond motifs is 1. The molecule has 1 aromatic carbocycles. The average Bonchev–Trinajstić information content (AvgIpc) is 3.61. The molecule has 0 atom stereocenters. The van der Waals surface area contributed by atoms with Gasteiger partial charge in [-0.25, -0.2) is 18.4 Å². The van der Waals surface area contributed by atoms with E-state index in [1.54, 1.807) is 17.2 Å². The van der Waals surface area contributed by atoms with Gasteiger partial charge in [0.1, 0.15) is 6.33 Å². The monoisotopic (exact) mass is 601 g/mol. The summed E-state index contributed by atoms with van der Waals surface area (Å²) in [5, 5.41) is 4.90. The first-order valence-electron chi connectivity index (χ1n) is 13.6. The zero-order chi connectivity index (χ0) is 30.2. The minimum absolute atomic E-state index is 0.128. The highest BCUT2D eigenvalue weighted by molar-refractivity contribution is 6.48. The Balaban J connectivity index is 1.69. The zero-order valence-electron chi connectivity index (χ0n) is 23.1. The molecule has 0 radical (unpaired) electrons. The summed E-state index contributed by atoms with van der Waals surface area (Å²) in [6.07, 6.45) is 0.703. The summed E-state index contributed by atoms with van der Waals surface area (Å²) >= 11 is 6.18. The summed E-state index contributed by atoms with van der Waals surface area (Å²) < 4.78 is 69.8. The lowest BCUT2D eigenvalue weighted by Crippen LogP contribution is -2.32. The quantitative estimate of drug-likeness (QED) is 0.206. The standard InChI is InChI=1S/C31H29ClF5N5/c1-4-7-20-9-6-8-19(5-2)29(20)42-28(18(3)22-10-12-38-27(22)24(32)15-33)23-17-41(13-11-26(23)40-42)30-25(34)14-21(16-39-30)31(35,36)37/h6,8-10,12,14-16,38H,3-5,7,11,13,17H2,1-2H3/b24-15+. The van der Waals surface area contributed by atoms with E-state index in [-0.39, 0.29) is 17.4 Å². The molecule has 0 aliphatic carbocycles. The molecule has 0 bridgehead atoms. The third kappa shape index (κ3) is 5.35. The third-order valence-electron chi connectivity index (χ3n) is 7.49. The molecule has 11 heteroatoms. The molecule has 0 fully saturated rings. The van der Waals surface area contributed by atoms with Gasteiger partial charge in [0.25, 0.3) is 0 Å². The van der Waals surface area contributed by atoms with Gasteiger partial charge in [-0.1, -0.05) is 56.6 Å². The van der Waals surface area contributed by atoms with Crippen LogP contribution in [0.3, 0.4) is 0 Å². The van der Waals surface area contributed by atoms with Gasteiger partial charge >= 0.3 is 6.18 Å². The second-order valence-corrected chi connectivity index (χ2v) is 10.5. The van der Waals surface area contributed by atoms with Gasteiger partial charge < -0.3 is 9.88 Å². The maximum atomic E-state index is 15.0. The van der Waals surface area contributed by atoms with Gasteiger partial charge in [-0.3, -0.25) is 0 Å². The van der Waals surface area contributed by atoms with Crippen molar-refractivity contribution in [2.45, 2.75) is 52.3 Å². The van der Waals surface area contributed by atoms with Crippen LogP contribution in [-0.2, 0) is 32.0 Å². The predicted octanol–water partition coefficient (Wildman–Crippen LogP) is 8.40. The van der Waals surface area contributed by atoms with Crippen molar-refractivity contribution < 1.29 is 22.0 Å². The molecule has 3 aromatic heterocycles. The molecule has 5 nitrogen and oxygen atoms in total. The first-order chi connectivity index (χ1) is 20.1. The van der Waals surface area contributed by atoms with Crippen LogP contribution in [0.15, 0.2) is 55.6 Å². The number of pyridine rings is 1. The van der Waals surface area contributed by atoms with Crippen molar-refractivity contribution >= 4 is 28.0 Å². The molecule has 4 heterocycles. The van der Waals surface area contributed by atoms with Crippen molar-refractivity contribution in [3.8, 4) is 5.69 Å². The molecule has 220 valence electrons. The van der Waals surface area contributed by atoms with Crippen molar-refractivity contribution in [3.05, 3.63) is 106 Å². The molecule has 42 heavy (non-hydrogen) atoms. The van der Waals surface area contributed by atoms with Crippen LogP contribution in [0.1, 0.15) is 65.2 Å². The first-order valence-corrected chi connectivity index (χ1v) is 14.0. The SMILES string of the molecule is C=C(c1cc[nH]c1/C(Cl)=C\F)c1c2c(nn1-c1c(CC)cccc1CCC)CCN(c1ncc(C(F)(F)F)cc1F)C2. The molecule has 1 aliphatic rings. The topological polar surface area (TPSA) is 49.7 Å². The van der Waals surface area contributed by atoms with Gasteiger partial charge in [0.15, 0.2) is 11.6 Å². The van der Waals surface area contributed by atoms with Gasteiger partial charge in [-0.2, -0.15) is 18.3 Å². The van der Waals surface area contributed by atoms with Gasteiger partial charge in [0.2, 0.25) is 0 Å². The number of aryl methyl sites for hydroxylation is 2. The fourth-order valence-electron chi connectivity index (χ4n) is 5.52. The average molecular weight is 602 g/mol. The zero-order valence-corrected chi connectivity index (χ0v) is 23.9. The summed E-state index contributed by atoms with van der Waals surface area (Å²) in [5.41, 5.74) is 5.45. The van der Waals surface area contributed by atoms with E-state index >= 15 is 4.39 Å². The van der Waals surface area contributed by atoms with E-state index in [0.29, 0.717) is 54.1 Å². The molecule has 0 saturated carbocycles. The number of aromatic nitrogens is 4. The van der Waals surface area contributed by atoms with Crippen LogP contribution in [-0.4, -0.2) is 26.3 Å². The molecular weight excluding hydrogens is 573 g/mol. The molecule has 5 rings (SSSR count). The first kappa shape index (κ1) is 29.6. The number of hydrogen-bond acceptors (Lipinski definition) is 3. The number of alkyl halides is 3. The highest BCUT2D eigenvalue weighted by Gasteiger charge is 2.34. The lowest BCUT2D eigenvalue weighted by molar-refractivity contribution is -0.138. The van der Waals surface area contributed by atoms with Crippen molar-refractivity contribution in [1.29, 1.82) is 0 Å². The largest absolute Gasteiger partial charge is 0.417 e. The molecule has 0 amide bonds. The van der Waals surface area contributed by atoms with Gasteiger partial charge in [-0.15, -0.1) is 0 Å². The van der Waals surface area contributed by atoms with E-state index < -0.39 is 17.6 Å². The van der Waals surface area contributed by atoms with Gasteiger partial charge in [0.05, 0.1) is 33.4 Å². The number of benzene rings is 1.